The van der Waals surface area contributed by atoms with Gasteiger partial charge in [-0.25, -0.2) is 0 Å². The lowest BCUT2D eigenvalue weighted by Crippen LogP contribution is -1.78. The zero-order chi connectivity index (χ0) is 4.41. The van der Waals surface area contributed by atoms with Crippen LogP contribution in [0.25, 0.3) is 0 Å². The molecule has 0 heterocycles. The highest BCUT2D eigenvalue weighted by Gasteiger charge is 2.09. The fourth-order valence-corrected chi connectivity index (χ4v) is 0.665. The second kappa shape index (κ2) is 1.38. The van der Waals surface area contributed by atoms with Crippen LogP contribution in [0.1, 0.15) is 13.3 Å². The quantitative estimate of drug-likeness (QED) is 0.308. The van der Waals surface area contributed by atoms with Crippen molar-refractivity contribution in [3.63, 3.8) is 0 Å². The van der Waals surface area contributed by atoms with Crippen molar-refractivity contribution in [3.8, 4) is 0 Å². The standard InChI is InChI=1S/C6H9/c1-6-4-2-3-5-6/h2,4-6H,3H2,1H3/q+1. The van der Waals surface area contributed by atoms with Crippen LogP contribution >= 0.6 is 0 Å². The Morgan fingerprint density at radius 3 is 2.83 bits per heavy atom. The number of hydrogen-bond acceptors (Lipinski definition) is 0. The Hall–Kier alpha value is -0.390. The molecule has 1 aliphatic carbocycles. The fourth-order valence-electron chi connectivity index (χ4n) is 0.665. The first-order valence-corrected chi connectivity index (χ1v) is 2.39. The SMILES string of the molecule is CC1C=CC[CH+]1. The lowest BCUT2D eigenvalue weighted by Gasteiger charge is -1.78. The maximum atomic E-state index is 2.29. The summed E-state index contributed by atoms with van der Waals surface area (Å²) in [5.41, 5.74) is 0. The van der Waals surface area contributed by atoms with Gasteiger partial charge in [-0.3, -0.25) is 0 Å². The van der Waals surface area contributed by atoms with Gasteiger partial charge in [-0.15, -0.1) is 0 Å². The zero-order valence-corrected chi connectivity index (χ0v) is 4.02. The van der Waals surface area contributed by atoms with Gasteiger partial charge in [-0.1, -0.05) is 0 Å². The molecule has 0 saturated heterocycles. The molecule has 1 rings (SSSR count). The van der Waals surface area contributed by atoms with E-state index in [1.807, 2.05) is 0 Å². The molecule has 0 nitrogen and oxygen atoms in total. The molecule has 0 saturated carbocycles. The molecule has 0 aromatic carbocycles. The summed E-state index contributed by atoms with van der Waals surface area (Å²) in [6.45, 7) is 2.20. The molecule has 0 bridgehead atoms. The zero-order valence-electron chi connectivity index (χ0n) is 4.02. The van der Waals surface area contributed by atoms with Crippen molar-refractivity contribution < 1.29 is 0 Å². The van der Waals surface area contributed by atoms with E-state index in [1.54, 1.807) is 0 Å². The second-order valence-corrected chi connectivity index (χ2v) is 1.76. The first-order chi connectivity index (χ1) is 2.89. The second-order valence-electron chi connectivity index (χ2n) is 1.76. The molecule has 1 atom stereocenters. The molecule has 0 fully saturated rings. The molecule has 0 aromatic rings. The normalized spacial score (nSPS) is 30.5. The van der Waals surface area contributed by atoms with Crippen molar-refractivity contribution in [1.82, 2.24) is 0 Å². The highest BCUT2D eigenvalue weighted by molar-refractivity contribution is 5.03. The summed E-state index contributed by atoms with van der Waals surface area (Å²) in [5.74, 6) is 0.741. The van der Waals surface area contributed by atoms with Gasteiger partial charge in [0.15, 0.2) is 0 Å². The van der Waals surface area contributed by atoms with E-state index < -0.39 is 0 Å². The fraction of sp³-hybridized carbons (Fsp3) is 0.500. The van der Waals surface area contributed by atoms with Crippen LogP contribution in [-0.2, 0) is 0 Å². The summed E-state index contributed by atoms with van der Waals surface area (Å²) in [5, 5.41) is 0. The molecule has 6 heavy (non-hydrogen) atoms. The summed E-state index contributed by atoms with van der Waals surface area (Å²) in [7, 11) is 0. The van der Waals surface area contributed by atoms with Gasteiger partial charge in [0, 0.05) is 0 Å². The Labute approximate surface area is 38.9 Å². The van der Waals surface area contributed by atoms with Gasteiger partial charge in [-0.05, 0) is 19.1 Å². The summed E-state index contributed by atoms with van der Waals surface area (Å²) in [6, 6.07) is 0. The molecular weight excluding hydrogens is 72.1 g/mol. The third kappa shape index (κ3) is 0.563. The van der Waals surface area contributed by atoms with Crippen LogP contribution in [0.2, 0.25) is 0 Å². The summed E-state index contributed by atoms with van der Waals surface area (Å²) in [6.07, 6.45) is 7.89. The molecule has 0 spiro atoms. The molecule has 32 valence electrons. The minimum Gasteiger partial charge on any atom is -0.0399 e. The average molecular weight is 81.1 g/mol. The van der Waals surface area contributed by atoms with Crippen molar-refractivity contribution in [1.29, 1.82) is 0 Å². The van der Waals surface area contributed by atoms with Gasteiger partial charge < -0.3 is 0 Å². The van der Waals surface area contributed by atoms with E-state index in [0.717, 1.165) is 5.92 Å². The van der Waals surface area contributed by atoms with Gasteiger partial charge in [0.05, 0.1) is 6.42 Å². The molecule has 0 N–H and O–H groups in total. The molecule has 0 heteroatoms. The minimum atomic E-state index is 0.741. The van der Waals surface area contributed by atoms with Crippen LogP contribution in [-0.4, -0.2) is 0 Å². The Morgan fingerprint density at radius 1 is 1.83 bits per heavy atom. The first-order valence-electron chi connectivity index (χ1n) is 2.39. The van der Waals surface area contributed by atoms with Crippen molar-refractivity contribution >= 4 is 0 Å². The monoisotopic (exact) mass is 81.1 g/mol. The lowest BCUT2D eigenvalue weighted by molar-refractivity contribution is 0.871. The van der Waals surface area contributed by atoms with E-state index >= 15 is 0 Å². The topological polar surface area (TPSA) is 0 Å². The first kappa shape index (κ1) is 3.79. The molecule has 1 unspecified atom stereocenters. The maximum absolute atomic E-state index is 2.29. The maximum Gasteiger partial charge on any atom is 0.113 e. The lowest BCUT2D eigenvalue weighted by atomic mass is 10.2. The van der Waals surface area contributed by atoms with Gasteiger partial charge in [0.1, 0.15) is 12.3 Å². The summed E-state index contributed by atoms with van der Waals surface area (Å²) < 4.78 is 0. The molecule has 0 aromatic heterocycles. The van der Waals surface area contributed by atoms with E-state index in [2.05, 4.69) is 25.5 Å². The third-order valence-electron chi connectivity index (χ3n) is 1.08. The largest absolute Gasteiger partial charge is 0.113 e. The van der Waals surface area contributed by atoms with Crippen molar-refractivity contribution in [2.75, 3.05) is 0 Å². The van der Waals surface area contributed by atoms with Gasteiger partial charge >= 0.3 is 0 Å². The van der Waals surface area contributed by atoms with Crippen LogP contribution in [0.5, 0.6) is 0 Å². The average Bonchev–Trinajstić information content (AvgIpc) is 1.86. The Morgan fingerprint density at radius 2 is 2.67 bits per heavy atom. The van der Waals surface area contributed by atoms with Crippen LogP contribution in [0.15, 0.2) is 12.2 Å². The highest BCUT2D eigenvalue weighted by atomic mass is 14.0. The molecule has 1 aliphatic rings. The minimum absolute atomic E-state index is 0.741. The van der Waals surface area contributed by atoms with Crippen LogP contribution in [0.3, 0.4) is 0 Å². The van der Waals surface area contributed by atoms with E-state index in [1.165, 1.54) is 6.42 Å². The number of allylic oxidation sites excluding steroid dienone is 2. The van der Waals surface area contributed by atoms with E-state index in [9.17, 15) is 0 Å². The Kier molecular flexibility index (Phi) is 0.868. The van der Waals surface area contributed by atoms with Crippen molar-refractivity contribution in [2.24, 2.45) is 5.92 Å². The highest BCUT2D eigenvalue weighted by Crippen LogP contribution is 2.12. The molecular formula is C6H9+. The molecule has 0 radical (unpaired) electrons. The van der Waals surface area contributed by atoms with Gasteiger partial charge in [0.2, 0.25) is 0 Å². The van der Waals surface area contributed by atoms with Crippen LogP contribution in [0.4, 0.5) is 0 Å². The predicted octanol–water partition coefficient (Wildman–Crippen LogP) is 1.79. The van der Waals surface area contributed by atoms with Crippen LogP contribution in [0, 0.1) is 12.3 Å². The van der Waals surface area contributed by atoms with Crippen molar-refractivity contribution in [2.45, 2.75) is 13.3 Å². The van der Waals surface area contributed by atoms with E-state index in [0.29, 0.717) is 0 Å². The molecule has 0 amide bonds. The summed E-state index contributed by atoms with van der Waals surface area (Å²) >= 11 is 0. The van der Waals surface area contributed by atoms with E-state index in [4.69, 9.17) is 0 Å². The van der Waals surface area contributed by atoms with E-state index in [-0.39, 0.29) is 0 Å². The predicted molar refractivity (Wildman–Crippen MR) is 27.2 cm³/mol. The number of hydrogen-bond donors (Lipinski definition) is 0. The third-order valence-corrected chi connectivity index (χ3v) is 1.08. The summed E-state index contributed by atoms with van der Waals surface area (Å²) in [4.78, 5) is 0. The number of rotatable bonds is 0. The van der Waals surface area contributed by atoms with Gasteiger partial charge in [-0.2, -0.15) is 0 Å². The Balaban J connectivity index is 2.38. The van der Waals surface area contributed by atoms with Crippen LogP contribution < -0.4 is 0 Å². The van der Waals surface area contributed by atoms with Crippen molar-refractivity contribution in [3.05, 3.63) is 18.6 Å². The smallest absolute Gasteiger partial charge is 0.0399 e. The molecule has 0 aliphatic heterocycles. The Bertz CT molecular complexity index is 62.4. The van der Waals surface area contributed by atoms with Gasteiger partial charge in [0.25, 0.3) is 0 Å².